The Balaban J connectivity index is 2.16. The molecule has 0 spiro atoms. The second kappa shape index (κ2) is 5.09. The Morgan fingerprint density at radius 1 is 1.59 bits per heavy atom. The predicted octanol–water partition coefficient (Wildman–Crippen LogP) is -0.406. The smallest absolute Gasteiger partial charge is 0.274 e. The van der Waals surface area contributed by atoms with Crippen molar-refractivity contribution in [1.82, 2.24) is 20.4 Å². The monoisotopic (exact) mass is 236 g/mol. The maximum atomic E-state index is 12.2. The lowest BCUT2D eigenvalue weighted by molar-refractivity contribution is 0.0696. The number of rotatable bonds is 3. The highest BCUT2D eigenvalue weighted by molar-refractivity contribution is 5.92. The zero-order valence-corrected chi connectivity index (χ0v) is 9.77. The standard InChI is InChI=1S/C11H16N4O2/c1-2-15(8-5-6-12-7-8)11(17)9-3-4-10(16)14-13-9/h3-4,8,12H,2,5-7H2,1H3,(H,14,16). The summed E-state index contributed by atoms with van der Waals surface area (Å²) in [5, 5.41) is 9.28. The molecule has 2 N–H and O–H groups in total. The summed E-state index contributed by atoms with van der Waals surface area (Å²) in [6, 6.07) is 3.01. The first kappa shape index (κ1) is 11.8. The van der Waals surface area contributed by atoms with Crippen LogP contribution >= 0.6 is 0 Å². The first-order valence-corrected chi connectivity index (χ1v) is 5.79. The molecule has 0 bridgehead atoms. The van der Waals surface area contributed by atoms with Crippen molar-refractivity contribution in [2.45, 2.75) is 19.4 Å². The number of hydrogen-bond acceptors (Lipinski definition) is 4. The molecule has 1 amide bonds. The number of H-pyrrole nitrogens is 1. The largest absolute Gasteiger partial charge is 0.333 e. The van der Waals surface area contributed by atoms with Crippen molar-refractivity contribution >= 4 is 5.91 Å². The van der Waals surface area contributed by atoms with Gasteiger partial charge in [-0.25, -0.2) is 5.10 Å². The summed E-state index contributed by atoms with van der Waals surface area (Å²) >= 11 is 0. The molecule has 0 aromatic carbocycles. The van der Waals surface area contributed by atoms with E-state index in [1.54, 1.807) is 4.90 Å². The molecule has 1 aliphatic heterocycles. The summed E-state index contributed by atoms with van der Waals surface area (Å²) in [7, 11) is 0. The SMILES string of the molecule is CCN(C(=O)c1ccc(=O)[nH]n1)C1CCNC1. The van der Waals surface area contributed by atoms with Crippen molar-refractivity contribution in [3.8, 4) is 0 Å². The van der Waals surface area contributed by atoms with Gasteiger partial charge in [-0.15, -0.1) is 0 Å². The molecule has 2 rings (SSSR count). The third-order valence-corrected chi connectivity index (χ3v) is 2.97. The second-order valence-corrected chi connectivity index (χ2v) is 4.04. The minimum atomic E-state index is -0.299. The lowest BCUT2D eigenvalue weighted by Gasteiger charge is -2.26. The van der Waals surface area contributed by atoms with E-state index in [-0.39, 0.29) is 17.5 Å². The Morgan fingerprint density at radius 3 is 2.94 bits per heavy atom. The molecular formula is C11H16N4O2. The van der Waals surface area contributed by atoms with E-state index in [4.69, 9.17) is 0 Å². The molecule has 6 heteroatoms. The Labute approximate surface area is 99.0 Å². The maximum absolute atomic E-state index is 12.2. The van der Waals surface area contributed by atoms with Crippen LogP contribution in [0.5, 0.6) is 0 Å². The highest BCUT2D eigenvalue weighted by atomic mass is 16.2. The van der Waals surface area contributed by atoms with Crippen molar-refractivity contribution < 1.29 is 4.79 Å². The van der Waals surface area contributed by atoms with Crippen LogP contribution in [0, 0.1) is 0 Å². The van der Waals surface area contributed by atoms with Crippen LogP contribution in [-0.2, 0) is 0 Å². The van der Waals surface area contributed by atoms with Crippen LogP contribution < -0.4 is 10.9 Å². The van der Waals surface area contributed by atoms with Crippen molar-refractivity contribution in [3.05, 3.63) is 28.2 Å². The fourth-order valence-electron chi connectivity index (χ4n) is 2.08. The topological polar surface area (TPSA) is 78.1 Å². The highest BCUT2D eigenvalue weighted by Gasteiger charge is 2.26. The van der Waals surface area contributed by atoms with Gasteiger partial charge in [0.1, 0.15) is 5.69 Å². The molecule has 2 heterocycles. The van der Waals surface area contributed by atoms with Crippen LogP contribution in [0.2, 0.25) is 0 Å². The average Bonchev–Trinajstić information content (AvgIpc) is 2.84. The Morgan fingerprint density at radius 2 is 2.41 bits per heavy atom. The van der Waals surface area contributed by atoms with Crippen molar-refractivity contribution in [3.63, 3.8) is 0 Å². The van der Waals surface area contributed by atoms with Crippen molar-refractivity contribution in [2.75, 3.05) is 19.6 Å². The fraction of sp³-hybridized carbons (Fsp3) is 0.545. The number of amides is 1. The van der Waals surface area contributed by atoms with E-state index in [0.717, 1.165) is 19.5 Å². The summed E-state index contributed by atoms with van der Waals surface area (Å²) in [4.78, 5) is 24.9. The Hall–Kier alpha value is -1.69. The molecule has 0 aliphatic carbocycles. The molecule has 1 aliphatic rings. The van der Waals surface area contributed by atoms with Gasteiger partial charge in [0.15, 0.2) is 0 Å². The zero-order valence-electron chi connectivity index (χ0n) is 9.77. The van der Waals surface area contributed by atoms with Gasteiger partial charge < -0.3 is 10.2 Å². The molecule has 1 unspecified atom stereocenters. The summed E-state index contributed by atoms with van der Waals surface area (Å²) in [6.07, 6.45) is 0.961. The number of nitrogens with zero attached hydrogens (tertiary/aromatic N) is 2. The number of aromatic nitrogens is 2. The molecular weight excluding hydrogens is 220 g/mol. The first-order chi connectivity index (χ1) is 8.22. The highest BCUT2D eigenvalue weighted by Crippen LogP contribution is 2.11. The van der Waals surface area contributed by atoms with Crippen LogP contribution in [0.25, 0.3) is 0 Å². The zero-order chi connectivity index (χ0) is 12.3. The number of likely N-dealkylation sites (N-methyl/N-ethyl adjacent to an activating group) is 1. The van der Waals surface area contributed by atoms with Crippen LogP contribution in [-0.4, -0.2) is 46.7 Å². The molecule has 1 aromatic rings. The molecule has 1 atom stereocenters. The van der Waals surface area contributed by atoms with Gasteiger partial charge in [-0.1, -0.05) is 0 Å². The van der Waals surface area contributed by atoms with Gasteiger partial charge >= 0.3 is 0 Å². The van der Waals surface area contributed by atoms with Gasteiger partial charge in [0.2, 0.25) is 0 Å². The Kier molecular flexibility index (Phi) is 3.53. The fourth-order valence-corrected chi connectivity index (χ4v) is 2.08. The van der Waals surface area contributed by atoms with E-state index in [9.17, 15) is 9.59 Å². The molecule has 1 aromatic heterocycles. The number of carbonyl (C=O) groups is 1. The van der Waals surface area contributed by atoms with Crippen molar-refractivity contribution in [1.29, 1.82) is 0 Å². The molecule has 1 saturated heterocycles. The van der Waals surface area contributed by atoms with E-state index < -0.39 is 0 Å². The minimum Gasteiger partial charge on any atom is -0.333 e. The van der Waals surface area contributed by atoms with E-state index in [2.05, 4.69) is 15.5 Å². The van der Waals surface area contributed by atoms with E-state index in [0.29, 0.717) is 12.2 Å². The van der Waals surface area contributed by atoms with E-state index in [1.165, 1.54) is 12.1 Å². The predicted molar refractivity (Wildman–Crippen MR) is 62.8 cm³/mol. The van der Waals surface area contributed by atoms with Gasteiger partial charge in [-0.2, -0.15) is 5.10 Å². The van der Waals surface area contributed by atoms with E-state index in [1.807, 2.05) is 6.92 Å². The second-order valence-electron chi connectivity index (χ2n) is 4.04. The molecule has 92 valence electrons. The lowest BCUT2D eigenvalue weighted by Crippen LogP contribution is -2.42. The van der Waals surface area contributed by atoms with Crippen molar-refractivity contribution in [2.24, 2.45) is 0 Å². The van der Waals surface area contributed by atoms with Crippen LogP contribution in [0.3, 0.4) is 0 Å². The molecule has 0 saturated carbocycles. The molecule has 1 fully saturated rings. The number of carbonyl (C=O) groups excluding carboxylic acids is 1. The number of aromatic amines is 1. The number of hydrogen-bond donors (Lipinski definition) is 2. The average molecular weight is 236 g/mol. The molecule has 17 heavy (non-hydrogen) atoms. The number of nitrogens with one attached hydrogen (secondary N) is 2. The van der Waals surface area contributed by atoms with Gasteiger partial charge in [0.25, 0.3) is 11.5 Å². The molecule has 6 nitrogen and oxygen atoms in total. The lowest BCUT2D eigenvalue weighted by atomic mass is 10.2. The summed E-state index contributed by atoms with van der Waals surface area (Å²) in [5.41, 5.74) is -0.00881. The normalized spacial score (nSPS) is 19.2. The summed E-state index contributed by atoms with van der Waals surface area (Å²) < 4.78 is 0. The van der Waals surface area contributed by atoms with Gasteiger partial charge in [-0.3, -0.25) is 9.59 Å². The van der Waals surface area contributed by atoms with Crippen LogP contribution in [0.1, 0.15) is 23.8 Å². The quantitative estimate of drug-likeness (QED) is 0.748. The van der Waals surface area contributed by atoms with Gasteiger partial charge in [0.05, 0.1) is 0 Å². The van der Waals surface area contributed by atoms with Crippen LogP contribution in [0.4, 0.5) is 0 Å². The third kappa shape index (κ3) is 2.52. The van der Waals surface area contributed by atoms with Crippen LogP contribution in [0.15, 0.2) is 16.9 Å². The Bertz CT molecular complexity index is 431. The maximum Gasteiger partial charge on any atom is 0.274 e. The third-order valence-electron chi connectivity index (χ3n) is 2.97. The summed E-state index contributed by atoms with van der Waals surface area (Å²) in [6.45, 7) is 4.35. The minimum absolute atomic E-state index is 0.127. The van der Waals surface area contributed by atoms with Gasteiger partial charge in [0, 0.05) is 25.2 Å². The molecule has 0 radical (unpaired) electrons. The van der Waals surface area contributed by atoms with E-state index >= 15 is 0 Å². The van der Waals surface area contributed by atoms with Gasteiger partial charge in [-0.05, 0) is 26.0 Å². The summed E-state index contributed by atoms with van der Waals surface area (Å²) in [5.74, 6) is -0.127. The first-order valence-electron chi connectivity index (χ1n) is 5.79.